The van der Waals surface area contributed by atoms with Crippen molar-refractivity contribution in [3.8, 4) is 0 Å². The van der Waals surface area contributed by atoms with Crippen LogP contribution in [0.25, 0.3) is 0 Å². The second-order valence-corrected chi connectivity index (χ2v) is 6.96. The van der Waals surface area contributed by atoms with Crippen molar-refractivity contribution in [2.45, 2.75) is 18.7 Å². The molecule has 0 unspecified atom stereocenters. The Kier molecular flexibility index (Phi) is 4.44. The normalized spacial score (nSPS) is 11.2. The number of carbonyl (C=O) groups is 1. The van der Waals surface area contributed by atoms with Crippen LogP contribution in [0.5, 0.6) is 0 Å². The first-order valence-corrected chi connectivity index (χ1v) is 8.20. The van der Waals surface area contributed by atoms with E-state index >= 15 is 0 Å². The molecule has 2 rings (SSSR count). The van der Waals surface area contributed by atoms with Gasteiger partial charge in [-0.15, -0.1) is 0 Å². The fourth-order valence-electron chi connectivity index (χ4n) is 1.86. The van der Waals surface area contributed by atoms with Crippen LogP contribution < -0.4 is 4.72 Å². The lowest BCUT2D eigenvalue weighted by molar-refractivity contribution is 0.0698. The van der Waals surface area contributed by atoms with Crippen molar-refractivity contribution < 1.29 is 18.3 Å². The van der Waals surface area contributed by atoms with Crippen molar-refractivity contribution >= 4 is 33.3 Å². The summed E-state index contributed by atoms with van der Waals surface area (Å²) in [6, 6.07) is 8.86. The number of sulfonamides is 1. The maximum atomic E-state index is 12.3. The summed E-state index contributed by atoms with van der Waals surface area (Å²) in [5.74, 6) is -1.23. The Hall–Kier alpha value is -2.05. The zero-order valence-electron chi connectivity index (χ0n) is 11.9. The molecule has 0 atom stereocenters. The highest BCUT2D eigenvalue weighted by molar-refractivity contribution is 7.92. The van der Waals surface area contributed by atoms with Gasteiger partial charge >= 0.3 is 5.97 Å². The van der Waals surface area contributed by atoms with Gasteiger partial charge in [0.05, 0.1) is 16.1 Å². The Labute approximate surface area is 133 Å². The molecule has 0 fully saturated rings. The van der Waals surface area contributed by atoms with Crippen molar-refractivity contribution in [3.63, 3.8) is 0 Å². The number of aryl methyl sites for hydroxylation is 2. The Balaban J connectivity index is 2.47. The monoisotopic (exact) mass is 339 g/mol. The first-order chi connectivity index (χ1) is 10.2. The van der Waals surface area contributed by atoms with Crippen molar-refractivity contribution in [1.82, 2.24) is 0 Å². The predicted molar refractivity (Wildman–Crippen MR) is 85.1 cm³/mol. The van der Waals surface area contributed by atoms with E-state index in [2.05, 4.69) is 4.72 Å². The largest absolute Gasteiger partial charge is 0.478 e. The SMILES string of the molecule is Cc1ccc(S(=O)(=O)Nc2cc(Cl)c(C)cc2C(=O)O)cc1. The van der Waals surface area contributed by atoms with Crippen LogP contribution >= 0.6 is 11.6 Å². The third-order valence-electron chi connectivity index (χ3n) is 3.10. The maximum absolute atomic E-state index is 12.3. The van der Waals surface area contributed by atoms with E-state index in [4.69, 9.17) is 11.6 Å². The number of nitrogens with one attached hydrogen (secondary N) is 1. The number of anilines is 1. The van der Waals surface area contributed by atoms with E-state index in [9.17, 15) is 18.3 Å². The molecule has 22 heavy (non-hydrogen) atoms. The summed E-state index contributed by atoms with van der Waals surface area (Å²) >= 11 is 5.96. The van der Waals surface area contributed by atoms with E-state index in [0.717, 1.165) is 5.56 Å². The molecule has 0 aliphatic carbocycles. The van der Waals surface area contributed by atoms with Gasteiger partial charge in [-0.05, 0) is 43.7 Å². The summed E-state index contributed by atoms with van der Waals surface area (Å²) in [7, 11) is -3.89. The van der Waals surface area contributed by atoms with Crippen LogP contribution in [0.15, 0.2) is 41.3 Å². The average molecular weight is 340 g/mol. The van der Waals surface area contributed by atoms with E-state index in [1.807, 2.05) is 6.92 Å². The highest BCUT2D eigenvalue weighted by Gasteiger charge is 2.19. The minimum absolute atomic E-state index is 0.0473. The van der Waals surface area contributed by atoms with Gasteiger partial charge in [0.2, 0.25) is 0 Å². The van der Waals surface area contributed by atoms with E-state index in [1.54, 1.807) is 19.1 Å². The summed E-state index contributed by atoms with van der Waals surface area (Å²) < 4.78 is 27.0. The first kappa shape index (κ1) is 16.3. The molecule has 0 saturated carbocycles. The number of halogens is 1. The van der Waals surface area contributed by atoms with Crippen LogP contribution in [0, 0.1) is 13.8 Å². The smallest absolute Gasteiger partial charge is 0.337 e. The van der Waals surface area contributed by atoms with E-state index in [1.165, 1.54) is 24.3 Å². The van der Waals surface area contributed by atoms with Gasteiger partial charge in [-0.2, -0.15) is 0 Å². The second-order valence-electron chi connectivity index (χ2n) is 4.87. The van der Waals surface area contributed by atoms with Crippen molar-refractivity contribution in [2.24, 2.45) is 0 Å². The van der Waals surface area contributed by atoms with E-state index in [0.29, 0.717) is 5.56 Å². The summed E-state index contributed by atoms with van der Waals surface area (Å²) in [5.41, 5.74) is 1.25. The third kappa shape index (κ3) is 3.40. The Morgan fingerprint density at radius 2 is 1.73 bits per heavy atom. The standard InChI is InChI=1S/C15H14ClNO4S/c1-9-3-5-11(6-4-9)22(20,21)17-14-8-13(16)10(2)7-12(14)15(18)19/h3-8,17H,1-2H3,(H,18,19). The van der Waals surface area contributed by atoms with Crippen LogP contribution in [0.2, 0.25) is 5.02 Å². The van der Waals surface area contributed by atoms with E-state index < -0.39 is 16.0 Å². The lowest BCUT2D eigenvalue weighted by Crippen LogP contribution is -2.15. The molecular weight excluding hydrogens is 326 g/mol. The van der Waals surface area contributed by atoms with Crippen LogP contribution in [0.4, 0.5) is 5.69 Å². The van der Waals surface area contributed by atoms with Gasteiger partial charge < -0.3 is 5.11 Å². The summed E-state index contributed by atoms with van der Waals surface area (Å²) in [4.78, 5) is 11.3. The molecule has 5 nitrogen and oxygen atoms in total. The molecule has 2 N–H and O–H groups in total. The number of rotatable bonds is 4. The Bertz CT molecular complexity index is 829. The second kappa shape index (κ2) is 5.98. The van der Waals surface area contributed by atoms with E-state index in [-0.39, 0.29) is 21.2 Å². The highest BCUT2D eigenvalue weighted by Crippen LogP contribution is 2.27. The lowest BCUT2D eigenvalue weighted by atomic mass is 10.1. The number of carboxylic acids is 1. The lowest BCUT2D eigenvalue weighted by Gasteiger charge is -2.12. The van der Waals surface area contributed by atoms with Crippen molar-refractivity contribution in [3.05, 3.63) is 58.1 Å². The molecular formula is C15H14ClNO4S. The minimum atomic E-state index is -3.89. The molecule has 2 aromatic carbocycles. The molecule has 0 saturated heterocycles. The van der Waals surface area contributed by atoms with Crippen LogP contribution in [-0.2, 0) is 10.0 Å². The molecule has 0 spiro atoms. The molecule has 7 heteroatoms. The number of hydrogen-bond acceptors (Lipinski definition) is 3. The maximum Gasteiger partial charge on any atom is 0.337 e. The number of benzene rings is 2. The molecule has 116 valence electrons. The van der Waals surface area contributed by atoms with Gasteiger partial charge in [0.1, 0.15) is 0 Å². The number of aromatic carboxylic acids is 1. The zero-order chi connectivity index (χ0) is 16.5. The van der Waals surface area contributed by atoms with Crippen molar-refractivity contribution in [1.29, 1.82) is 0 Å². The van der Waals surface area contributed by atoms with Gasteiger partial charge in [-0.25, -0.2) is 13.2 Å². The molecule has 0 heterocycles. The molecule has 2 aromatic rings. The summed E-state index contributed by atoms with van der Waals surface area (Å²) in [5, 5.41) is 9.49. The Morgan fingerprint density at radius 3 is 2.27 bits per heavy atom. The highest BCUT2D eigenvalue weighted by atomic mass is 35.5. The Morgan fingerprint density at radius 1 is 1.14 bits per heavy atom. The fraction of sp³-hybridized carbons (Fsp3) is 0.133. The molecule has 0 radical (unpaired) electrons. The molecule has 0 bridgehead atoms. The molecule has 0 aliphatic rings. The van der Waals surface area contributed by atoms with Crippen LogP contribution in [0.3, 0.4) is 0 Å². The van der Waals surface area contributed by atoms with Gasteiger partial charge in [-0.3, -0.25) is 4.72 Å². The number of carboxylic acid groups (broad SMARTS) is 1. The van der Waals surface area contributed by atoms with Gasteiger partial charge in [-0.1, -0.05) is 29.3 Å². The molecule has 0 aliphatic heterocycles. The van der Waals surface area contributed by atoms with Crippen molar-refractivity contribution in [2.75, 3.05) is 4.72 Å². The van der Waals surface area contributed by atoms with Gasteiger partial charge in [0.15, 0.2) is 0 Å². The predicted octanol–water partition coefficient (Wildman–Crippen LogP) is 3.46. The fourth-order valence-corrected chi connectivity index (χ4v) is 3.10. The quantitative estimate of drug-likeness (QED) is 0.893. The minimum Gasteiger partial charge on any atom is -0.478 e. The molecule has 0 aromatic heterocycles. The third-order valence-corrected chi connectivity index (χ3v) is 4.89. The first-order valence-electron chi connectivity index (χ1n) is 6.33. The summed E-state index contributed by atoms with van der Waals surface area (Å²) in [6.07, 6.45) is 0. The number of hydrogen-bond donors (Lipinski definition) is 2. The van der Waals surface area contributed by atoms with Gasteiger partial charge in [0, 0.05) is 5.02 Å². The van der Waals surface area contributed by atoms with Gasteiger partial charge in [0.25, 0.3) is 10.0 Å². The summed E-state index contributed by atoms with van der Waals surface area (Å²) in [6.45, 7) is 3.49. The molecule has 0 amide bonds. The van der Waals surface area contributed by atoms with Crippen LogP contribution in [0.1, 0.15) is 21.5 Å². The average Bonchev–Trinajstić information content (AvgIpc) is 2.42. The zero-order valence-corrected chi connectivity index (χ0v) is 13.5. The van der Waals surface area contributed by atoms with Crippen LogP contribution in [-0.4, -0.2) is 19.5 Å². The topological polar surface area (TPSA) is 83.5 Å².